The third-order valence-corrected chi connectivity index (χ3v) is 3.91. The zero-order chi connectivity index (χ0) is 18.5. The molecule has 0 saturated carbocycles. The highest BCUT2D eigenvalue weighted by molar-refractivity contribution is 7.90. The minimum Gasteiger partial charge on any atom is -0.495 e. The molecule has 0 saturated heterocycles. The van der Waals surface area contributed by atoms with Gasteiger partial charge in [-0.3, -0.25) is 5.32 Å². The molecule has 0 aliphatic rings. The van der Waals surface area contributed by atoms with Crippen molar-refractivity contribution in [1.29, 1.82) is 0 Å². The molecule has 7 nitrogen and oxygen atoms in total. The largest absolute Gasteiger partial charge is 0.495 e. The van der Waals surface area contributed by atoms with Gasteiger partial charge in [-0.15, -0.1) is 0 Å². The van der Waals surface area contributed by atoms with Gasteiger partial charge in [0.05, 0.1) is 18.6 Å². The predicted molar refractivity (Wildman–Crippen MR) is 95.6 cm³/mol. The molecule has 0 aliphatic carbocycles. The highest BCUT2D eigenvalue weighted by atomic mass is 32.2. The number of benzene rings is 1. The second-order valence-corrected chi connectivity index (χ2v) is 8.86. The summed E-state index contributed by atoms with van der Waals surface area (Å²) in [6.45, 7) is 7.09. The van der Waals surface area contributed by atoms with E-state index in [4.69, 9.17) is 9.47 Å². The van der Waals surface area contributed by atoms with Crippen molar-refractivity contribution < 1.29 is 22.7 Å². The summed E-state index contributed by atoms with van der Waals surface area (Å²) in [4.78, 5) is 11.9. The molecule has 0 heterocycles. The van der Waals surface area contributed by atoms with Gasteiger partial charge in [0.25, 0.3) is 0 Å². The molecule has 1 amide bonds. The van der Waals surface area contributed by atoms with E-state index in [9.17, 15) is 13.2 Å². The Morgan fingerprint density at radius 3 is 2.42 bits per heavy atom. The van der Waals surface area contributed by atoms with Crippen LogP contribution in [0.3, 0.4) is 0 Å². The second-order valence-electron chi connectivity index (χ2n) is 6.68. The molecule has 0 bridgehead atoms. The average molecular weight is 358 g/mol. The highest BCUT2D eigenvalue weighted by Gasteiger charge is 2.18. The summed E-state index contributed by atoms with van der Waals surface area (Å²) in [6.07, 6.45) is 0.594. The van der Waals surface area contributed by atoms with Crippen molar-refractivity contribution in [2.75, 3.05) is 29.8 Å². The maximum atomic E-state index is 11.9. The van der Waals surface area contributed by atoms with Crippen LogP contribution in [0.2, 0.25) is 0 Å². The quantitative estimate of drug-likeness (QED) is 0.812. The van der Waals surface area contributed by atoms with Crippen LogP contribution in [0.25, 0.3) is 0 Å². The van der Waals surface area contributed by atoms with E-state index in [2.05, 4.69) is 10.6 Å². The highest BCUT2D eigenvalue weighted by Crippen LogP contribution is 2.28. The number of amides is 1. The smallest absolute Gasteiger partial charge is 0.412 e. The molecule has 136 valence electrons. The van der Waals surface area contributed by atoms with Gasteiger partial charge in [0, 0.05) is 18.0 Å². The number of methoxy groups -OCH3 is 1. The molecule has 24 heavy (non-hydrogen) atoms. The Morgan fingerprint density at radius 1 is 1.29 bits per heavy atom. The minimum atomic E-state index is -3.08. The maximum absolute atomic E-state index is 11.9. The Morgan fingerprint density at radius 2 is 1.92 bits per heavy atom. The Bertz CT molecular complexity index is 680. The Kier molecular flexibility index (Phi) is 6.48. The van der Waals surface area contributed by atoms with Crippen LogP contribution in [0.5, 0.6) is 5.75 Å². The number of ether oxygens (including phenoxy) is 2. The molecular weight excluding hydrogens is 332 g/mol. The van der Waals surface area contributed by atoms with E-state index in [0.29, 0.717) is 17.1 Å². The standard InChI is InChI=1S/C16H26N2O5S/c1-11(10-24(6,20)21)17-12-7-8-14(22-5)13(9-12)18-15(19)23-16(2,3)4/h7-9,11,17H,10H2,1-6H3,(H,18,19). The first kappa shape index (κ1) is 20.1. The number of hydrogen-bond donors (Lipinski definition) is 2. The monoisotopic (exact) mass is 358 g/mol. The van der Waals surface area contributed by atoms with E-state index < -0.39 is 21.5 Å². The number of rotatable bonds is 6. The molecule has 0 radical (unpaired) electrons. The first-order valence-corrected chi connectivity index (χ1v) is 9.58. The Labute approximate surface area is 143 Å². The van der Waals surface area contributed by atoms with Crippen molar-refractivity contribution in [2.45, 2.75) is 39.3 Å². The van der Waals surface area contributed by atoms with Gasteiger partial charge < -0.3 is 14.8 Å². The summed E-state index contributed by atoms with van der Waals surface area (Å²) in [7, 11) is -1.59. The topological polar surface area (TPSA) is 93.7 Å². The van der Waals surface area contributed by atoms with Crippen molar-refractivity contribution in [3.05, 3.63) is 18.2 Å². The van der Waals surface area contributed by atoms with E-state index in [1.165, 1.54) is 13.4 Å². The first-order chi connectivity index (χ1) is 10.9. The fourth-order valence-corrected chi connectivity index (χ4v) is 3.08. The number of hydrogen-bond acceptors (Lipinski definition) is 6. The lowest BCUT2D eigenvalue weighted by Gasteiger charge is -2.21. The number of nitrogens with one attached hydrogen (secondary N) is 2. The van der Waals surface area contributed by atoms with Crippen LogP contribution in [-0.4, -0.2) is 45.3 Å². The number of carbonyl (C=O) groups excluding carboxylic acids is 1. The van der Waals surface area contributed by atoms with Crippen molar-refractivity contribution in [2.24, 2.45) is 0 Å². The van der Waals surface area contributed by atoms with Gasteiger partial charge >= 0.3 is 6.09 Å². The van der Waals surface area contributed by atoms with E-state index in [1.54, 1.807) is 45.9 Å². The van der Waals surface area contributed by atoms with Crippen LogP contribution in [0, 0.1) is 0 Å². The molecule has 1 rings (SSSR count). The van der Waals surface area contributed by atoms with Crippen LogP contribution >= 0.6 is 0 Å². The SMILES string of the molecule is COc1ccc(NC(C)CS(C)(=O)=O)cc1NC(=O)OC(C)(C)C. The maximum Gasteiger partial charge on any atom is 0.412 e. The normalized spacial score (nSPS) is 13.1. The molecule has 1 aromatic rings. The number of sulfone groups is 1. The molecule has 0 aliphatic heterocycles. The molecule has 1 aromatic carbocycles. The van der Waals surface area contributed by atoms with E-state index >= 15 is 0 Å². The summed E-state index contributed by atoms with van der Waals surface area (Å²) >= 11 is 0. The lowest BCUT2D eigenvalue weighted by atomic mass is 10.2. The summed E-state index contributed by atoms with van der Waals surface area (Å²) in [5.74, 6) is 0.482. The van der Waals surface area contributed by atoms with Gasteiger partial charge in [0.2, 0.25) is 0 Å². The van der Waals surface area contributed by atoms with Crippen molar-refractivity contribution in [3.8, 4) is 5.75 Å². The van der Waals surface area contributed by atoms with E-state index in [0.717, 1.165) is 0 Å². The second kappa shape index (κ2) is 7.74. The zero-order valence-corrected chi connectivity index (χ0v) is 15.8. The molecule has 0 fully saturated rings. The van der Waals surface area contributed by atoms with Crippen LogP contribution in [-0.2, 0) is 14.6 Å². The van der Waals surface area contributed by atoms with Crippen molar-refractivity contribution in [1.82, 2.24) is 0 Å². The van der Waals surface area contributed by atoms with Crippen molar-refractivity contribution in [3.63, 3.8) is 0 Å². The number of carbonyl (C=O) groups is 1. The van der Waals surface area contributed by atoms with E-state index in [1.807, 2.05) is 0 Å². The van der Waals surface area contributed by atoms with Crippen LogP contribution in [0.1, 0.15) is 27.7 Å². The summed E-state index contributed by atoms with van der Waals surface area (Å²) in [5, 5.41) is 5.72. The van der Waals surface area contributed by atoms with Crippen LogP contribution in [0.4, 0.5) is 16.2 Å². The van der Waals surface area contributed by atoms with Gasteiger partial charge in [-0.05, 0) is 45.9 Å². The van der Waals surface area contributed by atoms with Gasteiger partial charge in [-0.25, -0.2) is 13.2 Å². The molecule has 2 N–H and O–H groups in total. The fourth-order valence-electron chi connectivity index (χ4n) is 2.09. The van der Waals surface area contributed by atoms with Gasteiger partial charge in [-0.2, -0.15) is 0 Å². The predicted octanol–water partition coefficient (Wildman–Crippen LogP) is 2.89. The van der Waals surface area contributed by atoms with Crippen molar-refractivity contribution >= 4 is 27.3 Å². The first-order valence-electron chi connectivity index (χ1n) is 7.52. The third-order valence-electron chi connectivity index (χ3n) is 2.80. The van der Waals surface area contributed by atoms with Gasteiger partial charge in [-0.1, -0.05) is 0 Å². The van der Waals surface area contributed by atoms with Gasteiger partial charge in [0.15, 0.2) is 0 Å². The minimum absolute atomic E-state index is 0.00779. The molecule has 0 spiro atoms. The lowest BCUT2D eigenvalue weighted by molar-refractivity contribution is 0.0635. The van der Waals surface area contributed by atoms with E-state index in [-0.39, 0.29) is 11.8 Å². The lowest BCUT2D eigenvalue weighted by Crippen LogP contribution is -2.27. The Balaban J connectivity index is 2.90. The number of anilines is 2. The molecular formula is C16H26N2O5S. The fraction of sp³-hybridized carbons (Fsp3) is 0.562. The Hall–Kier alpha value is -1.96. The summed E-state index contributed by atoms with van der Waals surface area (Å²) < 4.78 is 33.1. The third kappa shape index (κ3) is 7.54. The molecule has 1 unspecified atom stereocenters. The molecule has 8 heteroatoms. The zero-order valence-electron chi connectivity index (χ0n) is 15.0. The van der Waals surface area contributed by atoms with Crippen LogP contribution < -0.4 is 15.4 Å². The average Bonchev–Trinajstić information content (AvgIpc) is 2.34. The molecule has 0 aromatic heterocycles. The summed E-state index contributed by atoms with van der Waals surface area (Å²) in [6, 6.07) is 4.82. The summed E-state index contributed by atoms with van der Waals surface area (Å²) in [5.41, 5.74) is 0.485. The van der Waals surface area contributed by atoms with Gasteiger partial charge in [0.1, 0.15) is 21.2 Å². The van der Waals surface area contributed by atoms with Crippen LogP contribution in [0.15, 0.2) is 18.2 Å². The molecule has 1 atom stereocenters.